The lowest BCUT2D eigenvalue weighted by molar-refractivity contribution is 0.305. The predicted molar refractivity (Wildman–Crippen MR) is 140 cm³/mol. The van der Waals surface area contributed by atoms with Gasteiger partial charge in [-0.1, -0.05) is 35.9 Å². The summed E-state index contributed by atoms with van der Waals surface area (Å²) in [6.07, 6.45) is 0. The largest absolute Gasteiger partial charge is 0.489 e. The fraction of sp³-hybridized carbons (Fsp3) is 0.172. The van der Waals surface area contributed by atoms with Crippen molar-refractivity contribution in [1.82, 2.24) is 4.98 Å². The van der Waals surface area contributed by atoms with Gasteiger partial charge in [0.05, 0.1) is 16.5 Å². The maximum Gasteiger partial charge on any atom is 0.210 e. The number of hydrogen-bond donors (Lipinski definition) is 1. The molecule has 1 aromatic heterocycles. The minimum atomic E-state index is -3.86. The number of aryl methyl sites for hydroxylation is 4. The first kappa shape index (κ1) is 25.0. The van der Waals surface area contributed by atoms with E-state index in [1.54, 1.807) is 36.4 Å². The van der Waals surface area contributed by atoms with Gasteiger partial charge in [-0.25, -0.2) is 13.4 Å². The molecule has 36 heavy (non-hydrogen) atoms. The number of pyridine rings is 1. The third-order valence-corrected chi connectivity index (χ3v) is 7.67. The molecule has 0 bridgehead atoms. The first-order valence-corrected chi connectivity index (χ1v) is 13.0. The highest BCUT2D eigenvalue weighted by molar-refractivity contribution is 7.91. The van der Waals surface area contributed by atoms with Crippen molar-refractivity contribution in [2.75, 3.05) is 5.32 Å². The molecule has 7 heteroatoms. The number of ether oxygens (including phenoxy) is 1. The van der Waals surface area contributed by atoms with Crippen LogP contribution in [0.1, 0.15) is 33.5 Å². The van der Waals surface area contributed by atoms with Gasteiger partial charge < -0.3 is 10.1 Å². The molecule has 1 N–H and O–H groups in total. The number of benzene rings is 3. The molecule has 0 aliphatic rings. The quantitative estimate of drug-likeness (QED) is 0.320. The van der Waals surface area contributed by atoms with E-state index < -0.39 is 9.84 Å². The Kier molecular flexibility index (Phi) is 7.09. The summed E-state index contributed by atoms with van der Waals surface area (Å²) in [7, 11) is -3.86. The number of nitriles is 1. The second-order valence-corrected chi connectivity index (χ2v) is 10.6. The van der Waals surface area contributed by atoms with Gasteiger partial charge >= 0.3 is 0 Å². The summed E-state index contributed by atoms with van der Waals surface area (Å²) in [5.41, 5.74) is 6.02. The van der Waals surface area contributed by atoms with E-state index in [0.717, 1.165) is 27.9 Å². The maximum absolute atomic E-state index is 13.6. The Morgan fingerprint density at radius 1 is 0.917 bits per heavy atom. The number of sulfone groups is 1. The van der Waals surface area contributed by atoms with Crippen LogP contribution in [0.3, 0.4) is 0 Å². The van der Waals surface area contributed by atoms with Gasteiger partial charge in [0.15, 0.2) is 0 Å². The van der Waals surface area contributed by atoms with Crippen LogP contribution in [0.4, 0.5) is 11.5 Å². The molecular formula is C29H27N3O3S. The molecule has 0 spiro atoms. The second kappa shape index (κ2) is 10.2. The smallest absolute Gasteiger partial charge is 0.210 e. The third-order valence-electron chi connectivity index (χ3n) is 5.87. The van der Waals surface area contributed by atoms with E-state index in [1.165, 1.54) is 12.1 Å². The molecule has 4 rings (SSSR count). The monoisotopic (exact) mass is 497 g/mol. The van der Waals surface area contributed by atoms with Crippen molar-refractivity contribution in [1.29, 1.82) is 5.26 Å². The Morgan fingerprint density at radius 3 is 2.25 bits per heavy atom. The van der Waals surface area contributed by atoms with Gasteiger partial charge in [-0.2, -0.15) is 5.26 Å². The minimum Gasteiger partial charge on any atom is -0.489 e. The zero-order chi connectivity index (χ0) is 25.9. The van der Waals surface area contributed by atoms with Crippen molar-refractivity contribution in [3.05, 3.63) is 106 Å². The lowest BCUT2D eigenvalue weighted by Gasteiger charge is -2.17. The van der Waals surface area contributed by atoms with Gasteiger partial charge in [0.2, 0.25) is 9.84 Å². The topological polar surface area (TPSA) is 92.1 Å². The summed E-state index contributed by atoms with van der Waals surface area (Å²) in [6, 6.07) is 23.0. The van der Waals surface area contributed by atoms with Gasteiger partial charge in [-0.15, -0.1) is 0 Å². The fourth-order valence-electron chi connectivity index (χ4n) is 4.10. The molecule has 4 aromatic rings. The van der Waals surface area contributed by atoms with Crippen LogP contribution in [0.2, 0.25) is 0 Å². The average Bonchev–Trinajstić information content (AvgIpc) is 2.85. The van der Waals surface area contributed by atoms with Crippen molar-refractivity contribution >= 4 is 21.3 Å². The fourth-order valence-corrected chi connectivity index (χ4v) is 5.45. The van der Waals surface area contributed by atoms with Crippen LogP contribution in [0.5, 0.6) is 5.75 Å². The Balaban J connectivity index is 1.61. The van der Waals surface area contributed by atoms with E-state index >= 15 is 0 Å². The van der Waals surface area contributed by atoms with Crippen molar-refractivity contribution in [3.8, 4) is 11.8 Å². The van der Waals surface area contributed by atoms with Crippen LogP contribution in [0, 0.1) is 39.0 Å². The van der Waals surface area contributed by atoms with Gasteiger partial charge in [-0.3, -0.25) is 0 Å². The third kappa shape index (κ3) is 5.24. The van der Waals surface area contributed by atoms with Crippen molar-refractivity contribution in [3.63, 3.8) is 0 Å². The zero-order valence-corrected chi connectivity index (χ0v) is 21.5. The molecule has 0 saturated carbocycles. The summed E-state index contributed by atoms with van der Waals surface area (Å²) >= 11 is 0. The molecule has 3 aromatic carbocycles. The molecule has 0 amide bonds. The van der Waals surface area contributed by atoms with E-state index in [4.69, 9.17) is 4.74 Å². The van der Waals surface area contributed by atoms with Crippen LogP contribution >= 0.6 is 0 Å². The van der Waals surface area contributed by atoms with Crippen LogP contribution in [0.25, 0.3) is 0 Å². The van der Waals surface area contributed by atoms with Crippen LogP contribution in [-0.2, 0) is 16.4 Å². The zero-order valence-electron chi connectivity index (χ0n) is 20.7. The molecule has 0 aliphatic heterocycles. The van der Waals surface area contributed by atoms with Gasteiger partial charge in [0.1, 0.15) is 23.1 Å². The SMILES string of the molecule is Cc1cc(C)c(Nc2nc(C)ccc2S(=O)(=O)c2ccc(OCc3ccccc3C#N)cc2)c(C)c1. The minimum absolute atomic E-state index is 0.101. The maximum atomic E-state index is 13.6. The number of nitrogens with one attached hydrogen (secondary N) is 1. The summed E-state index contributed by atoms with van der Waals surface area (Å²) < 4.78 is 33.0. The van der Waals surface area contributed by atoms with E-state index in [9.17, 15) is 13.7 Å². The highest BCUT2D eigenvalue weighted by Gasteiger charge is 2.23. The Labute approximate surface area is 212 Å². The lowest BCUT2D eigenvalue weighted by atomic mass is 10.1. The van der Waals surface area contributed by atoms with E-state index in [2.05, 4.69) is 16.4 Å². The van der Waals surface area contributed by atoms with Crippen LogP contribution in [-0.4, -0.2) is 13.4 Å². The highest BCUT2D eigenvalue weighted by atomic mass is 32.2. The lowest BCUT2D eigenvalue weighted by Crippen LogP contribution is -2.09. The van der Waals surface area contributed by atoms with Crippen molar-refractivity contribution in [2.24, 2.45) is 0 Å². The summed E-state index contributed by atoms with van der Waals surface area (Å²) in [6.45, 7) is 8.04. The normalized spacial score (nSPS) is 11.1. The first-order valence-electron chi connectivity index (χ1n) is 11.5. The van der Waals surface area contributed by atoms with Crippen LogP contribution < -0.4 is 10.1 Å². The molecule has 6 nitrogen and oxygen atoms in total. The van der Waals surface area contributed by atoms with Crippen molar-refractivity contribution in [2.45, 2.75) is 44.1 Å². The molecule has 0 atom stereocenters. The molecule has 182 valence electrons. The number of hydrogen-bond acceptors (Lipinski definition) is 6. The summed E-state index contributed by atoms with van der Waals surface area (Å²) in [4.78, 5) is 4.76. The number of rotatable bonds is 7. The second-order valence-electron chi connectivity index (χ2n) is 8.73. The van der Waals surface area contributed by atoms with E-state index in [-0.39, 0.29) is 16.4 Å². The highest BCUT2D eigenvalue weighted by Crippen LogP contribution is 2.32. The van der Waals surface area contributed by atoms with Crippen molar-refractivity contribution < 1.29 is 13.2 Å². The Hall–Kier alpha value is -4.15. The van der Waals surface area contributed by atoms with E-state index in [1.807, 2.05) is 52.0 Å². The van der Waals surface area contributed by atoms with Gasteiger partial charge in [0, 0.05) is 16.9 Å². The summed E-state index contributed by atoms with van der Waals surface area (Å²) in [5.74, 6) is 0.798. The van der Waals surface area contributed by atoms with Gasteiger partial charge in [-0.05, 0) is 81.3 Å². The molecule has 0 saturated heterocycles. The molecular weight excluding hydrogens is 470 g/mol. The standard InChI is InChI=1S/C29H27N3O3S/c1-19-15-20(2)28(21(3)16-19)32-29-27(14-9-22(4)31-29)36(33,34)26-12-10-25(11-13-26)35-18-24-8-6-5-7-23(24)17-30/h5-16H,18H2,1-4H3,(H,31,32). The average molecular weight is 498 g/mol. The van der Waals surface area contributed by atoms with E-state index in [0.29, 0.717) is 22.8 Å². The first-order chi connectivity index (χ1) is 17.2. The van der Waals surface area contributed by atoms with Gasteiger partial charge in [0.25, 0.3) is 0 Å². The summed E-state index contributed by atoms with van der Waals surface area (Å²) in [5, 5.41) is 12.5. The Bertz CT molecular complexity index is 1550. The molecule has 0 unspecified atom stereocenters. The molecule has 0 fully saturated rings. The predicted octanol–water partition coefficient (Wildman–Crippen LogP) is 6.34. The van der Waals surface area contributed by atoms with Crippen LogP contribution in [0.15, 0.2) is 82.6 Å². The number of nitrogens with zero attached hydrogens (tertiary/aromatic N) is 2. The molecule has 1 heterocycles. The number of anilines is 2. The molecule has 0 radical (unpaired) electrons. The Morgan fingerprint density at radius 2 is 1.58 bits per heavy atom. The molecule has 0 aliphatic carbocycles. The number of aromatic nitrogens is 1.